The highest BCUT2D eigenvalue weighted by atomic mass is 19.2. The average molecular weight is 503 g/mol. The van der Waals surface area contributed by atoms with E-state index in [0.717, 1.165) is 25.7 Å². The average Bonchev–Trinajstić information content (AvgIpc) is 2.91. The van der Waals surface area contributed by atoms with Crippen molar-refractivity contribution in [3.05, 3.63) is 88.5 Å². The van der Waals surface area contributed by atoms with Crippen molar-refractivity contribution in [1.82, 2.24) is 0 Å². The molecule has 1 aliphatic carbocycles. The first kappa shape index (κ1) is 26.2. The Morgan fingerprint density at radius 1 is 0.750 bits per heavy atom. The molecule has 0 spiro atoms. The SMILES string of the molecule is CCOCc1ccc(OCc2ccc(-c3ccc(C4CCC(OC)CC4)c(F)c3F)cc2)c(F)c1F. The van der Waals surface area contributed by atoms with Crippen molar-refractivity contribution in [1.29, 1.82) is 0 Å². The van der Waals surface area contributed by atoms with E-state index >= 15 is 0 Å². The molecule has 7 heteroatoms. The molecule has 4 rings (SSSR count). The number of methoxy groups -OCH3 is 1. The third kappa shape index (κ3) is 5.73. The van der Waals surface area contributed by atoms with Crippen LogP contribution < -0.4 is 4.74 Å². The minimum atomic E-state index is -1.07. The smallest absolute Gasteiger partial charge is 0.200 e. The van der Waals surface area contributed by atoms with Crippen LogP contribution in [0.25, 0.3) is 11.1 Å². The van der Waals surface area contributed by atoms with Crippen LogP contribution in [0, 0.1) is 23.3 Å². The predicted molar refractivity (Wildman–Crippen MR) is 130 cm³/mol. The molecule has 0 heterocycles. The zero-order chi connectivity index (χ0) is 25.7. The van der Waals surface area contributed by atoms with Gasteiger partial charge in [-0.2, -0.15) is 4.39 Å². The van der Waals surface area contributed by atoms with Crippen LogP contribution in [0.15, 0.2) is 48.5 Å². The van der Waals surface area contributed by atoms with Gasteiger partial charge in [0.2, 0.25) is 5.82 Å². The summed E-state index contributed by atoms with van der Waals surface area (Å²) in [5, 5.41) is 0. The second-order valence-corrected chi connectivity index (χ2v) is 9.01. The fourth-order valence-electron chi connectivity index (χ4n) is 4.66. The van der Waals surface area contributed by atoms with Crippen LogP contribution >= 0.6 is 0 Å². The van der Waals surface area contributed by atoms with E-state index in [9.17, 15) is 17.6 Å². The summed E-state index contributed by atoms with van der Waals surface area (Å²) in [4.78, 5) is 0. The normalized spacial score (nSPS) is 17.8. The molecule has 0 unspecified atom stereocenters. The molecule has 0 amide bonds. The monoisotopic (exact) mass is 502 g/mol. The van der Waals surface area contributed by atoms with E-state index in [1.54, 1.807) is 50.4 Å². The van der Waals surface area contributed by atoms with Crippen LogP contribution in [0.3, 0.4) is 0 Å². The van der Waals surface area contributed by atoms with Gasteiger partial charge in [0.05, 0.1) is 12.7 Å². The van der Waals surface area contributed by atoms with Gasteiger partial charge in [0.15, 0.2) is 23.2 Å². The molecule has 0 radical (unpaired) electrons. The number of benzene rings is 3. The van der Waals surface area contributed by atoms with Crippen LogP contribution in [0.5, 0.6) is 5.75 Å². The summed E-state index contributed by atoms with van der Waals surface area (Å²) in [6.45, 7) is 2.13. The summed E-state index contributed by atoms with van der Waals surface area (Å²) < 4.78 is 74.4. The van der Waals surface area contributed by atoms with Crippen molar-refractivity contribution in [2.45, 2.75) is 57.8 Å². The quantitative estimate of drug-likeness (QED) is 0.281. The summed E-state index contributed by atoms with van der Waals surface area (Å²) in [5.74, 6) is -3.96. The topological polar surface area (TPSA) is 27.7 Å². The Hall–Kier alpha value is -2.90. The lowest BCUT2D eigenvalue weighted by Gasteiger charge is -2.28. The Morgan fingerprint density at radius 2 is 1.47 bits per heavy atom. The van der Waals surface area contributed by atoms with E-state index in [1.807, 2.05) is 0 Å². The van der Waals surface area contributed by atoms with Crippen molar-refractivity contribution >= 4 is 0 Å². The molecule has 1 fully saturated rings. The van der Waals surface area contributed by atoms with E-state index in [0.29, 0.717) is 23.3 Å². The zero-order valence-electron chi connectivity index (χ0n) is 20.5. The molecule has 0 aromatic heterocycles. The number of rotatable bonds is 9. The fraction of sp³-hybridized carbons (Fsp3) is 0.379. The van der Waals surface area contributed by atoms with Gasteiger partial charge in [-0.1, -0.05) is 36.4 Å². The molecule has 0 bridgehead atoms. The van der Waals surface area contributed by atoms with Crippen molar-refractivity contribution in [2.24, 2.45) is 0 Å². The second kappa shape index (κ2) is 11.9. The summed E-state index contributed by atoms with van der Waals surface area (Å²) in [5.41, 5.74) is 1.89. The van der Waals surface area contributed by atoms with Gasteiger partial charge in [-0.3, -0.25) is 0 Å². The third-order valence-electron chi connectivity index (χ3n) is 6.81. The highest BCUT2D eigenvalue weighted by Gasteiger charge is 2.26. The molecule has 0 saturated heterocycles. The summed E-state index contributed by atoms with van der Waals surface area (Å²) in [7, 11) is 1.68. The molecule has 0 atom stereocenters. The molecular formula is C29H30F4O3. The van der Waals surface area contributed by atoms with Gasteiger partial charge >= 0.3 is 0 Å². The lowest BCUT2D eigenvalue weighted by atomic mass is 9.82. The third-order valence-corrected chi connectivity index (χ3v) is 6.81. The molecular weight excluding hydrogens is 472 g/mol. The molecule has 3 aromatic rings. The van der Waals surface area contributed by atoms with E-state index in [4.69, 9.17) is 14.2 Å². The van der Waals surface area contributed by atoms with Gasteiger partial charge in [0.25, 0.3) is 0 Å². The van der Waals surface area contributed by atoms with E-state index in [-0.39, 0.29) is 42.1 Å². The fourth-order valence-corrected chi connectivity index (χ4v) is 4.66. The first-order valence-corrected chi connectivity index (χ1v) is 12.2. The summed E-state index contributed by atoms with van der Waals surface area (Å²) in [6.07, 6.45) is 3.39. The largest absolute Gasteiger partial charge is 0.486 e. The van der Waals surface area contributed by atoms with Crippen molar-refractivity contribution in [2.75, 3.05) is 13.7 Å². The van der Waals surface area contributed by atoms with E-state index in [1.165, 1.54) is 12.1 Å². The Balaban J connectivity index is 1.43. The summed E-state index contributed by atoms with van der Waals surface area (Å²) >= 11 is 0. The van der Waals surface area contributed by atoms with Crippen LogP contribution in [0.2, 0.25) is 0 Å². The first-order valence-electron chi connectivity index (χ1n) is 12.2. The lowest BCUT2D eigenvalue weighted by molar-refractivity contribution is 0.0655. The van der Waals surface area contributed by atoms with E-state index < -0.39 is 23.3 Å². The van der Waals surface area contributed by atoms with Crippen molar-refractivity contribution in [3.8, 4) is 16.9 Å². The first-order chi connectivity index (χ1) is 17.4. The standard InChI is InChI=1S/C29H30F4O3/c1-3-35-17-21-10-15-25(29(33)26(21)30)36-16-18-4-6-19(7-5-18)23-13-14-24(28(32)27(23)31)20-8-11-22(34-2)12-9-20/h4-7,10,13-15,20,22H,3,8-9,11-12,16-17H2,1-2H3. The van der Waals surface area contributed by atoms with Gasteiger partial charge in [0.1, 0.15) is 6.61 Å². The number of hydrogen-bond acceptors (Lipinski definition) is 3. The highest BCUT2D eigenvalue weighted by Crippen LogP contribution is 2.37. The minimum Gasteiger partial charge on any atom is -0.486 e. The maximum Gasteiger partial charge on any atom is 0.200 e. The molecule has 3 nitrogen and oxygen atoms in total. The maximum atomic E-state index is 15.0. The van der Waals surface area contributed by atoms with Crippen LogP contribution in [0.4, 0.5) is 17.6 Å². The molecule has 0 aliphatic heterocycles. The van der Waals surface area contributed by atoms with Gasteiger partial charge in [-0.25, -0.2) is 13.2 Å². The molecule has 1 saturated carbocycles. The molecule has 1 aliphatic rings. The van der Waals surface area contributed by atoms with Crippen LogP contribution in [-0.4, -0.2) is 19.8 Å². The van der Waals surface area contributed by atoms with Crippen LogP contribution in [0.1, 0.15) is 55.2 Å². The predicted octanol–water partition coefficient (Wildman–Crippen LogP) is 7.70. The molecule has 0 N–H and O–H groups in total. The summed E-state index contributed by atoms with van der Waals surface area (Å²) in [6, 6.07) is 12.8. The van der Waals surface area contributed by atoms with Crippen molar-refractivity contribution in [3.63, 3.8) is 0 Å². The van der Waals surface area contributed by atoms with Gasteiger partial charge < -0.3 is 14.2 Å². The Kier molecular flexibility index (Phi) is 8.64. The zero-order valence-corrected chi connectivity index (χ0v) is 20.5. The Morgan fingerprint density at radius 3 is 2.14 bits per heavy atom. The Bertz CT molecular complexity index is 1170. The maximum absolute atomic E-state index is 15.0. The number of ether oxygens (including phenoxy) is 3. The van der Waals surface area contributed by atoms with Crippen molar-refractivity contribution < 1.29 is 31.8 Å². The van der Waals surface area contributed by atoms with Gasteiger partial charge in [0, 0.05) is 24.8 Å². The minimum absolute atomic E-state index is 0.0125. The molecule has 192 valence electrons. The Labute approximate surface area is 209 Å². The van der Waals surface area contributed by atoms with Gasteiger partial charge in [-0.15, -0.1) is 0 Å². The van der Waals surface area contributed by atoms with Gasteiger partial charge in [-0.05, 0) is 67.3 Å². The van der Waals surface area contributed by atoms with E-state index in [2.05, 4.69) is 0 Å². The molecule has 3 aromatic carbocycles. The number of hydrogen-bond donors (Lipinski definition) is 0. The van der Waals surface area contributed by atoms with Crippen LogP contribution in [-0.2, 0) is 22.7 Å². The molecule has 36 heavy (non-hydrogen) atoms. The number of halogens is 4. The lowest BCUT2D eigenvalue weighted by Crippen LogP contribution is -2.20. The second-order valence-electron chi connectivity index (χ2n) is 9.01. The highest BCUT2D eigenvalue weighted by molar-refractivity contribution is 5.65.